The molecule has 2 N–H and O–H groups in total. The average Bonchev–Trinajstić information content (AvgIpc) is 2.12. The van der Waals surface area contributed by atoms with Crippen LogP contribution in [0.2, 0.25) is 0 Å². The van der Waals surface area contributed by atoms with Crippen LogP contribution in [0.3, 0.4) is 0 Å². The normalized spacial score (nSPS) is 25.7. The molecule has 0 radical (unpaired) electrons. The summed E-state index contributed by atoms with van der Waals surface area (Å²) in [6.45, 7) is 12.9. The van der Waals surface area contributed by atoms with Gasteiger partial charge < -0.3 is 10.6 Å². The van der Waals surface area contributed by atoms with Gasteiger partial charge in [-0.3, -0.25) is 0 Å². The van der Waals surface area contributed by atoms with Gasteiger partial charge in [0.25, 0.3) is 0 Å². The molecular weight excluding hydrogens is 196 g/mol. The Hall–Kier alpha value is -0.0800. The monoisotopic (exact) mass is 226 g/mol. The molecule has 1 aliphatic heterocycles. The molecule has 0 aromatic carbocycles. The number of nitrogens with two attached hydrogens (primary N) is 1. The summed E-state index contributed by atoms with van der Waals surface area (Å²) in [6, 6.07) is 0.372. The summed E-state index contributed by atoms with van der Waals surface area (Å²) in [4.78, 5) is 2.59. The molecule has 2 nitrogen and oxygen atoms in total. The lowest BCUT2D eigenvalue weighted by Crippen LogP contribution is -2.38. The van der Waals surface area contributed by atoms with E-state index in [1.807, 2.05) is 0 Å². The lowest BCUT2D eigenvalue weighted by molar-refractivity contribution is 0.174. The van der Waals surface area contributed by atoms with E-state index in [0.29, 0.717) is 11.5 Å². The number of hydrogen-bond acceptors (Lipinski definition) is 2. The zero-order valence-electron chi connectivity index (χ0n) is 11.6. The van der Waals surface area contributed by atoms with Gasteiger partial charge in [0.1, 0.15) is 0 Å². The predicted molar refractivity (Wildman–Crippen MR) is 71.5 cm³/mol. The maximum absolute atomic E-state index is 6.18. The van der Waals surface area contributed by atoms with E-state index in [1.54, 1.807) is 0 Å². The van der Waals surface area contributed by atoms with E-state index in [9.17, 15) is 0 Å². The summed E-state index contributed by atoms with van der Waals surface area (Å²) >= 11 is 0. The quantitative estimate of drug-likeness (QED) is 0.798. The van der Waals surface area contributed by atoms with Gasteiger partial charge in [-0.1, -0.05) is 27.7 Å². The van der Waals surface area contributed by atoms with Crippen LogP contribution in [0.15, 0.2) is 0 Å². The SMILES string of the molecule is CC1CCCN(CCC(N)CC(C)(C)C)C1. The van der Waals surface area contributed by atoms with Crippen LogP contribution in [-0.4, -0.2) is 30.6 Å². The highest BCUT2D eigenvalue weighted by Gasteiger charge is 2.19. The predicted octanol–water partition coefficient (Wildman–Crippen LogP) is 2.87. The molecule has 0 bridgehead atoms. The van der Waals surface area contributed by atoms with Crippen molar-refractivity contribution >= 4 is 0 Å². The molecule has 16 heavy (non-hydrogen) atoms. The standard InChI is InChI=1S/C14H30N2/c1-12-6-5-8-16(11-12)9-7-13(15)10-14(2,3)4/h12-13H,5-11,15H2,1-4H3. The van der Waals surface area contributed by atoms with E-state index in [1.165, 1.54) is 32.5 Å². The summed E-state index contributed by atoms with van der Waals surface area (Å²) in [5.74, 6) is 0.882. The minimum Gasteiger partial charge on any atom is -0.328 e. The molecule has 0 aromatic rings. The fraction of sp³-hybridized carbons (Fsp3) is 1.00. The molecule has 1 heterocycles. The summed E-state index contributed by atoms with van der Waals surface area (Å²) < 4.78 is 0. The average molecular weight is 226 g/mol. The van der Waals surface area contributed by atoms with E-state index in [0.717, 1.165) is 18.8 Å². The Labute approximate surface area is 102 Å². The fourth-order valence-corrected chi connectivity index (χ4v) is 2.73. The van der Waals surface area contributed by atoms with E-state index in [-0.39, 0.29) is 0 Å². The van der Waals surface area contributed by atoms with Gasteiger partial charge in [0.2, 0.25) is 0 Å². The molecule has 2 unspecified atom stereocenters. The Morgan fingerprint density at radius 3 is 2.62 bits per heavy atom. The first-order chi connectivity index (χ1) is 7.37. The highest BCUT2D eigenvalue weighted by Crippen LogP contribution is 2.22. The van der Waals surface area contributed by atoms with Crippen molar-refractivity contribution in [3.8, 4) is 0 Å². The van der Waals surface area contributed by atoms with Gasteiger partial charge in [-0.2, -0.15) is 0 Å². The second-order valence-electron chi connectivity index (χ2n) is 6.86. The second-order valence-corrected chi connectivity index (χ2v) is 6.86. The van der Waals surface area contributed by atoms with Crippen molar-refractivity contribution in [3.63, 3.8) is 0 Å². The summed E-state index contributed by atoms with van der Waals surface area (Å²) in [5.41, 5.74) is 6.55. The van der Waals surface area contributed by atoms with Gasteiger partial charge >= 0.3 is 0 Å². The van der Waals surface area contributed by atoms with Gasteiger partial charge in [-0.15, -0.1) is 0 Å². The van der Waals surface area contributed by atoms with Crippen LogP contribution in [0.1, 0.15) is 53.4 Å². The molecule has 1 fully saturated rings. The lowest BCUT2D eigenvalue weighted by Gasteiger charge is -2.32. The number of likely N-dealkylation sites (tertiary alicyclic amines) is 1. The van der Waals surface area contributed by atoms with Gasteiger partial charge in [-0.25, -0.2) is 0 Å². The highest BCUT2D eigenvalue weighted by atomic mass is 15.1. The minimum absolute atomic E-state index is 0.370. The number of hydrogen-bond donors (Lipinski definition) is 1. The molecule has 96 valence electrons. The Balaban J connectivity index is 2.18. The van der Waals surface area contributed by atoms with E-state index < -0.39 is 0 Å². The molecule has 1 rings (SSSR count). The van der Waals surface area contributed by atoms with Crippen molar-refractivity contribution in [2.24, 2.45) is 17.1 Å². The first kappa shape index (κ1) is 14.0. The van der Waals surface area contributed by atoms with Crippen LogP contribution in [0, 0.1) is 11.3 Å². The summed E-state index contributed by atoms with van der Waals surface area (Å²) in [6.07, 6.45) is 5.07. The number of nitrogens with zero attached hydrogens (tertiary/aromatic N) is 1. The van der Waals surface area contributed by atoms with Crippen LogP contribution < -0.4 is 5.73 Å². The van der Waals surface area contributed by atoms with Crippen LogP contribution >= 0.6 is 0 Å². The number of rotatable bonds is 4. The third-order valence-corrected chi connectivity index (χ3v) is 3.43. The second kappa shape index (κ2) is 6.02. The molecule has 2 atom stereocenters. The van der Waals surface area contributed by atoms with Crippen molar-refractivity contribution in [2.75, 3.05) is 19.6 Å². The smallest absolute Gasteiger partial charge is 0.00559 e. The molecule has 1 aliphatic rings. The third kappa shape index (κ3) is 5.86. The molecule has 0 amide bonds. The van der Waals surface area contributed by atoms with Crippen molar-refractivity contribution in [3.05, 3.63) is 0 Å². The van der Waals surface area contributed by atoms with Crippen LogP contribution in [0.5, 0.6) is 0 Å². The van der Waals surface area contributed by atoms with E-state index in [4.69, 9.17) is 5.73 Å². The van der Waals surface area contributed by atoms with Gasteiger partial charge in [-0.05, 0) is 50.1 Å². The first-order valence-electron chi connectivity index (χ1n) is 6.85. The molecule has 0 aromatic heterocycles. The van der Waals surface area contributed by atoms with Crippen molar-refractivity contribution < 1.29 is 0 Å². The van der Waals surface area contributed by atoms with Gasteiger partial charge in [0.15, 0.2) is 0 Å². The zero-order valence-corrected chi connectivity index (χ0v) is 11.6. The largest absolute Gasteiger partial charge is 0.328 e. The topological polar surface area (TPSA) is 29.3 Å². The van der Waals surface area contributed by atoms with E-state index >= 15 is 0 Å². The molecule has 0 spiro atoms. The summed E-state index contributed by atoms with van der Waals surface area (Å²) in [5, 5.41) is 0. The summed E-state index contributed by atoms with van der Waals surface area (Å²) in [7, 11) is 0. The molecule has 0 saturated carbocycles. The molecule has 2 heteroatoms. The fourth-order valence-electron chi connectivity index (χ4n) is 2.73. The molecule has 0 aliphatic carbocycles. The first-order valence-corrected chi connectivity index (χ1v) is 6.85. The van der Waals surface area contributed by atoms with Crippen molar-refractivity contribution in [1.82, 2.24) is 4.90 Å². The van der Waals surface area contributed by atoms with E-state index in [2.05, 4.69) is 32.6 Å². The Bertz CT molecular complexity index is 195. The van der Waals surface area contributed by atoms with Crippen LogP contribution in [-0.2, 0) is 0 Å². The highest BCUT2D eigenvalue weighted by molar-refractivity contribution is 4.75. The Morgan fingerprint density at radius 1 is 1.38 bits per heavy atom. The van der Waals surface area contributed by atoms with Crippen molar-refractivity contribution in [2.45, 2.75) is 59.4 Å². The molecule has 1 saturated heterocycles. The lowest BCUT2D eigenvalue weighted by atomic mass is 9.87. The Kier molecular flexibility index (Phi) is 5.26. The zero-order chi connectivity index (χ0) is 12.2. The number of piperidine rings is 1. The van der Waals surface area contributed by atoms with Crippen LogP contribution in [0.25, 0.3) is 0 Å². The van der Waals surface area contributed by atoms with Gasteiger partial charge in [0, 0.05) is 12.6 Å². The maximum atomic E-state index is 6.18. The third-order valence-electron chi connectivity index (χ3n) is 3.43. The Morgan fingerprint density at radius 2 is 2.06 bits per heavy atom. The van der Waals surface area contributed by atoms with Crippen LogP contribution in [0.4, 0.5) is 0 Å². The maximum Gasteiger partial charge on any atom is 0.00559 e. The molecular formula is C14H30N2. The minimum atomic E-state index is 0.370. The van der Waals surface area contributed by atoms with Crippen molar-refractivity contribution in [1.29, 1.82) is 0 Å². The van der Waals surface area contributed by atoms with Gasteiger partial charge in [0.05, 0.1) is 0 Å².